The Morgan fingerprint density at radius 2 is 1.94 bits per heavy atom. The quantitative estimate of drug-likeness (QED) is 0.603. The molecule has 0 bridgehead atoms. The van der Waals surface area contributed by atoms with Crippen molar-refractivity contribution >= 4 is 21.9 Å². The van der Waals surface area contributed by atoms with Crippen LogP contribution in [0.4, 0.5) is 0 Å². The number of aryl methyl sites for hydroxylation is 1. The lowest BCUT2D eigenvalue weighted by Crippen LogP contribution is -1.95. The Hall–Kier alpha value is -2.23. The summed E-state index contributed by atoms with van der Waals surface area (Å²) in [4.78, 5) is 11.3. The van der Waals surface area contributed by atoms with Crippen LogP contribution in [0.1, 0.15) is 5.76 Å². The average Bonchev–Trinajstić information content (AvgIpc) is 2.70. The molecule has 0 fully saturated rings. The van der Waals surface area contributed by atoms with Gasteiger partial charge in [0.1, 0.15) is 11.3 Å². The summed E-state index contributed by atoms with van der Waals surface area (Å²) in [6.07, 6.45) is 0. The van der Waals surface area contributed by atoms with Gasteiger partial charge < -0.3 is 13.6 Å². The summed E-state index contributed by atoms with van der Waals surface area (Å²) in [6, 6.07) is 6.73. The predicted molar refractivity (Wildman–Crippen MR) is 63.5 cm³/mol. The van der Waals surface area contributed by atoms with Gasteiger partial charge in [-0.15, -0.1) is 0 Å². The van der Waals surface area contributed by atoms with Gasteiger partial charge in [0.15, 0.2) is 11.3 Å². The predicted octanol–water partition coefficient (Wildman–Crippen LogP) is 2.86. The topological polar surface area (TPSA) is 52.6 Å². The summed E-state index contributed by atoms with van der Waals surface area (Å²) in [5.74, 6) is 1.38. The zero-order valence-corrected chi connectivity index (χ0v) is 9.44. The molecular formula is C13H10O4. The molecular weight excluding hydrogens is 220 g/mol. The molecule has 17 heavy (non-hydrogen) atoms. The van der Waals surface area contributed by atoms with E-state index in [4.69, 9.17) is 13.6 Å². The van der Waals surface area contributed by atoms with E-state index in [0.29, 0.717) is 16.9 Å². The molecule has 0 unspecified atom stereocenters. The third-order valence-electron chi connectivity index (χ3n) is 2.69. The maximum Gasteiger partial charge on any atom is 0.336 e. The molecule has 1 aromatic carbocycles. The van der Waals surface area contributed by atoms with Gasteiger partial charge in [-0.3, -0.25) is 0 Å². The molecule has 4 nitrogen and oxygen atoms in total. The highest BCUT2D eigenvalue weighted by molar-refractivity contribution is 6.05. The number of hydrogen-bond donors (Lipinski definition) is 0. The van der Waals surface area contributed by atoms with Crippen LogP contribution in [0.2, 0.25) is 0 Å². The molecule has 86 valence electrons. The minimum absolute atomic E-state index is 0.372. The Bertz CT molecular complexity index is 764. The molecule has 3 rings (SSSR count). The Labute approximate surface area is 96.4 Å². The molecule has 0 aliphatic rings. The van der Waals surface area contributed by atoms with Crippen molar-refractivity contribution in [2.45, 2.75) is 6.92 Å². The molecule has 3 aromatic rings. The van der Waals surface area contributed by atoms with Crippen LogP contribution in [0, 0.1) is 6.92 Å². The molecule has 2 aromatic heterocycles. The molecule has 0 atom stereocenters. The van der Waals surface area contributed by atoms with Gasteiger partial charge in [-0.2, -0.15) is 0 Å². The number of benzene rings is 1. The number of fused-ring (bicyclic) bond motifs is 3. The Morgan fingerprint density at radius 1 is 1.12 bits per heavy atom. The molecule has 0 aliphatic heterocycles. The highest BCUT2D eigenvalue weighted by Gasteiger charge is 2.13. The van der Waals surface area contributed by atoms with E-state index in [1.54, 1.807) is 19.2 Å². The highest BCUT2D eigenvalue weighted by Crippen LogP contribution is 2.34. The zero-order chi connectivity index (χ0) is 12.0. The first-order chi connectivity index (χ1) is 8.19. The van der Waals surface area contributed by atoms with Crippen molar-refractivity contribution in [3.05, 3.63) is 40.4 Å². The van der Waals surface area contributed by atoms with Gasteiger partial charge in [-0.05, 0) is 25.1 Å². The second kappa shape index (κ2) is 3.38. The largest absolute Gasteiger partial charge is 0.493 e. The van der Waals surface area contributed by atoms with E-state index in [-0.39, 0.29) is 5.63 Å². The monoisotopic (exact) mass is 230 g/mol. The Morgan fingerprint density at radius 3 is 2.71 bits per heavy atom. The number of hydrogen-bond acceptors (Lipinski definition) is 4. The second-order valence-corrected chi connectivity index (χ2v) is 3.85. The third kappa shape index (κ3) is 1.41. The van der Waals surface area contributed by atoms with Gasteiger partial charge in [-0.1, -0.05) is 0 Å². The smallest absolute Gasteiger partial charge is 0.336 e. The fourth-order valence-corrected chi connectivity index (χ4v) is 1.98. The first-order valence-corrected chi connectivity index (χ1v) is 5.20. The molecule has 0 amide bonds. The normalized spacial score (nSPS) is 11.2. The number of methoxy groups -OCH3 is 1. The molecule has 2 heterocycles. The van der Waals surface area contributed by atoms with Crippen LogP contribution in [0.3, 0.4) is 0 Å². The fourth-order valence-electron chi connectivity index (χ4n) is 1.98. The Kier molecular flexibility index (Phi) is 1.98. The van der Waals surface area contributed by atoms with Crippen molar-refractivity contribution < 1.29 is 13.6 Å². The van der Waals surface area contributed by atoms with E-state index >= 15 is 0 Å². The molecule has 0 spiro atoms. The number of rotatable bonds is 1. The van der Waals surface area contributed by atoms with Gasteiger partial charge >= 0.3 is 5.63 Å². The number of ether oxygens (including phenoxy) is 1. The first kappa shape index (κ1) is 9.96. The van der Waals surface area contributed by atoms with Crippen LogP contribution in [-0.4, -0.2) is 7.11 Å². The van der Waals surface area contributed by atoms with Crippen molar-refractivity contribution in [1.82, 2.24) is 0 Å². The lowest BCUT2D eigenvalue weighted by molar-refractivity contribution is 0.409. The standard InChI is InChI=1S/C13H10O4/c1-7-5-9-12-8(3-4-11(14)17-12)6-10(15-2)13(9)16-7/h3-6H,1-2H3. The molecule has 0 saturated heterocycles. The minimum atomic E-state index is -0.372. The molecule has 0 radical (unpaired) electrons. The molecule has 0 N–H and O–H groups in total. The van der Waals surface area contributed by atoms with E-state index in [9.17, 15) is 4.79 Å². The van der Waals surface area contributed by atoms with Gasteiger partial charge in [0.25, 0.3) is 0 Å². The second-order valence-electron chi connectivity index (χ2n) is 3.85. The summed E-state index contributed by atoms with van der Waals surface area (Å²) in [5, 5.41) is 1.57. The molecule has 0 saturated carbocycles. The zero-order valence-electron chi connectivity index (χ0n) is 9.44. The van der Waals surface area contributed by atoms with Crippen LogP contribution in [0.5, 0.6) is 5.75 Å². The van der Waals surface area contributed by atoms with E-state index < -0.39 is 0 Å². The fraction of sp³-hybridized carbons (Fsp3) is 0.154. The molecule has 4 heteroatoms. The van der Waals surface area contributed by atoms with Crippen molar-refractivity contribution in [1.29, 1.82) is 0 Å². The third-order valence-corrected chi connectivity index (χ3v) is 2.69. The maximum atomic E-state index is 11.3. The van der Waals surface area contributed by atoms with Crippen LogP contribution in [0.25, 0.3) is 21.9 Å². The first-order valence-electron chi connectivity index (χ1n) is 5.20. The van der Waals surface area contributed by atoms with Crippen molar-refractivity contribution in [3.8, 4) is 5.75 Å². The summed E-state index contributed by atoms with van der Waals surface area (Å²) in [7, 11) is 1.58. The van der Waals surface area contributed by atoms with Crippen LogP contribution in [-0.2, 0) is 0 Å². The summed E-state index contributed by atoms with van der Waals surface area (Å²) < 4.78 is 16.0. The average molecular weight is 230 g/mol. The van der Waals surface area contributed by atoms with E-state index in [2.05, 4.69) is 0 Å². The van der Waals surface area contributed by atoms with Crippen LogP contribution >= 0.6 is 0 Å². The van der Waals surface area contributed by atoms with Gasteiger partial charge in [0.2, 0.25) is 0 Å². The lowest BCUT2D eigenvalue weighted by atomic mass is 10.1. The SMILES string of the molecule is COc1cc2ccc(=O)oc2c2cc(C)oc12. The van der Waals surface area contributed by atoms with Gasteiger partial charge in [-0.25, -0.2) is 4.79 Å². The van der Waals surface area contributed by atoms with Crippen LogP contribution in [0.15, 0.2) is 37.9 Å². The van der Waals surface area contributed by atoms with Gasteiger partial charge in [0, 0.05) is 11.5 Å². The molecule has 0 aliphatic carbocycles. The Balaban J connectivity index is 2.59. The van der Waals surface area contributed by atoms with Crippen molar-refractivity contribution in [2.24, 2.45) is 0 Å². The summed E-state index contributed by atoms with van der Waals surface area (Å²) in [5.41, 5.74) is 0.764. The van der Waals surface area contributed by atoms with E-state index in [1.807, 2.05) is 13.0 Å². The van der Waals surface area contributed by atoms with Crippen molar-refractivity contribution in [2.75, 3.05) is 7.11 Å². The van der Waals surface area contributed by atoms with Crippen molar-refractivity contribution in [3.63, 3.8) is 0 Å². The number of furan rings is 1. The van der Waals surface area contributed by atoms with E-state index in [0.717, 1.165) is 16.5 Å². The lowest BCUT2D eigenvalue weighted by Gasteiger charge is -2.03. The van der Waals surface area contributed by atoms with E-state index in [1.165, 1.54) is 6.07 Å². The summed E-state index contributed by atoms with van der Waals surface area (Å²) in [6.45, 7) is 1.84. The summed E-state index contributed by atoms with van der Waals surface area (Å²) >= 11 is 0. The van der Waals surface area contributed by atoms with Gasteiger partial charge in [0.05, 0.1) is 12.5 Å². The minimum Gasteiger partial charge on any atom is -0.493 e. The van der Waals surface area contributed by atoms with Crippen LogP contribution < -0.4 is 10.4 Å². The highest BCUT2D eigenvalue weighted by atomic mass is 16.5. The maximum absolute atomic E-state index is 11.3.